The predicted molar refractivity (Wildman–Crippen MR) is 95.4 cm³/mol. The average Bonchev–Trinajstić information content (AvgIpc) is 2.67. The number of hydrogen-bond donors (Lipinski definition) is 1. The average molecular weight is 334 g/mol. The highest BCUT2D eigenvalue weighted by Crippen LogP contribution is 2.22. The summed E-state index contributed by atoms with van der Waals surface area (Å²) in [5, 5.41) is 2.98. The number of rotatable bonds is 6. The van der Waals surface area contributed by atoms with Crippen LogP contribution in [0.25, 0.3) is 0 Å². The lowest BCUT2D eigenvalue weighted by Gasteiger charge is -2.17. The highest BCUT2D eigenvalue weighted by molar-refractivity contribution is 5.84. The molecule has 1 heterocycles. The standard InChI is InChI=1S/C21H19FN2O/c22-19-10-8-18(9-11-19)20(13-17-7-4-12-23-14-17)21(25)24-15-16-5-2-1-3-6-16/h1-12,14,20H,13,15H2,(H,24,25). The van der Waals surface area contributed by atoms with Crippen molar-refractivity contribution in [3.05, 3.63) is 102 Å². The van der Waals surface area contributed by atoms with Gasteiger partial charge in [-0.3, -0.25) is 9.78 Å². The molecule has 25 heavy (non-hydrogen) atoms. The van der Waals surface area contributed by atoms with E-state index in [0.717, 1.165) is 16.7 Å². The van der Waals surface area contributed by atoms with Crippen LogP contribution in [0.1, 0.15) is 22.6 Å². The fraction of sp³-hybridized carbons (Fsp3) is 0.143. The molecule has 0 bridgehead atoms. The van der Waals surface area contributed by atoms with Gasteiger partial charge < -0.3 is 5.32 Å². The maximum atomic E-state index is 13.2. The van der Waals surface area contributed by atoms with Crippen LogP contribution in [0.2, 0.25) is 0 Å². The molecule has 0 radical (unpaired) electrons. The lowest BCUT2D eigenvalue weighted by molar-refractivity contribution is -0.122. The number of pyridine rings is 1. The van der Waals surface area contributed by atoms with Crippen molar-refractivity contribution in [2.75, 3.05) is 0 Å². The van der Waals surface area contributed by atoms with E-state index in [-0.39, 0.29) is 11.7 Å². The molecular weight excluding hydrogens is 315 g/mol. The van der Waals surface area contributed by atoms with Crippen molar-refractivity contribution >= 4 is 5.91 Å². The third-order valence-electron chi connectivity index (χ3n) is 4.06. The molecule has 1 atom stereocenters. The maximum absolute atomic E-state index is 13.2. The number of nitrogens with one attached hydrogen (secondary N) is 1. The van der Waals surface area contributed by atoms with Crippen molar-refractivity contribution in [1.29, 1.82) is 0 Å². The molecule has 4 heteroatoms. The van der Waals surface area contributed by atoms with Crippen molar-refractivity contribution in [3.8, 4) is 0 Å². The van der Waals surface area contributed by atoms with Gasteiger partial charge in [0.1, 0.15) is 5.82 Å². The molecule has 0 aliphatic rings. The molecule has 3 rings (SSSR count). The first-order valence-electron chi connectivity index (χ1n) is 8.18. The highest BCUT2D eigenvalue weighted by atomic mass is 19.1. The third kappa shape index (κ3) is 4.73. The zero-order valence-corrected chi connectivity index (χ0v) is 13.7. The molecule has 3 nitrogen and oxygen atoms in total. The topological polar surface area (TPSA) is 42.0 Å². The summed E-state index contributed by atoms with van der Waals surface area (Å²) in [5.41, 5.74) is 2.79. The number of carbonyl (C=O) groups excluding carboxylic acids is 1. The molecular formula is C21H19FN2O. The predicted octanol–water partition coefficient (Wildman–Crippen LogP) is 3.86. The second kappa shape index (κ2) is 8.20. The smallest absolute Gasteiger partial charge is 0.228 e. The molecule has 1 aromatic heterocycles. The Morgan fingerprint density at radius 2 is 1.68 bits per heavy atom. The lowest BCUT2D eigenvalue weighted by atomic mass is 9.91. The Bertz CT molecular complexity index is 804. The van der Waals surface area contributed by atoms with E-state index in [4.69, 9.17) is 0 Å². The van der Waals surface area contributed by atoms with Gasteiger partial charge in [-0.2, -0.15) is 0 Å². The number of amides is 1. The van der Waals surface area contributed by atoms with Gasteiger partial charge in [0.25, 0.3) is 0 Å². The molecule has 3 aromatic rings. The summed E-state index contributed by atoms with van der Waals surface area (Å²) >= 11 is 0. The lowest BCUT2D eigenvalue weighted by Crippen LogP contribution is -2.30. The summed E-state index contributed by atoms with van der Waals surface area (Å²) in [7, 11) is 0. The molecule has 2 aromatic carbocycles. The van der Waals surface area contributed by atoms with Crippen molar-refractivity contribution in [2.24, 2.45) is 0 Å². The van der Waals surface area contributed by atoms with Gasteiger partial charge in [0, 0.05) is 18.9 Å². The summed E-state index contributed by atoms with van der Waals surface area (Å²) in [6.07, 6.45) is 3.97. The Hall–Kier alpha value is -3.01. The van der Waals surface area contributed by atoms with Gasteiger partial charge in [0.05, 0.1) is 5.92 Å². The van der Waals surface area contributed by atoms with Gasteiger partial charge in [-0.05, 0) is 41.3 Å². The van der Waals surface area contributed by atoms with Gasteiger partial charge in [0.2, 0.25) is 5.91 Å². The second-order valence-electron chi connectivity index (χ2n) is 5.87. The minimum Gasteiger partial charge on any atom is -0.351 e. The van der Waals surface area contributed by atoms with Gasteiger partial charge in [0.15, 0.2) is 0 Å². The molecule has 0 saturated heterocycles. The molecule has 0 saturated carbocycles. The van der Waals surface area contributed by atoms with Crippen LogP contribution in [0.5, 0.6) is 0 Å². The molecule has 1 amide bonds. The number of aromatic nitrogens is 1. The molecule has 1 unspecified atom stereocenters. The Morgan fingerprint density at radius 1 is 0.960 bits per heavy atom. The third-order valence-corrected chi connectivity index (χ3v) is 4.06. The number of halogens is 1. The summed E-state index contributed by atoms with van der Waals surface area (Å²) < 4.78 is 13.2. The zero-order valence-electron chi connectivity index (χ0n) is 13.7. The molecule has 0 aliphatic carbocycles. The van der Waals surface area contributed by atoms with Crippen molar-refractivity contribution < 1.29 is 9.18 Å². The van der Waals surface area contributed by atoms with E-state index < -0.39 is 5.92 Å². The van der Waals surface area contributed by atoms with E-state index in [1.165, 1.54) is 12.1 Å². The van der Waals surface area contributed by atoms with Gasteiger partial charge in [-0.15, -0.1) is 0 Å². The van der Waals surface area contributed by atoms with Crippen LogP contribution < -0.4 is 5.32 Å². The van der Waals surface area contributed by atoms with Crippen LogP contribution in [0, 0.1) is 5.82 Å². The molecule has 0 fully saturated rings. The summed E-state index contributed by atoms with van der Waals surface area (Å²) in [4.78, 5) is 16.9. The van der Waals surface area contributed by atoms with E-state index in [9.17, 15) is 9.18 Å². The van der Waals surface area contributed by atoms with E-state index in [2.05, 4.69) is 10.3 Å². The quantitative estimate of drug-likeness (QED) is 0.744. The van der Waals surface area contributed by atoms with Crippen LogP contribution in [0.15, 0.2) is 79.1 Å². The van der Waals surface area contributed by atoms with Crippen LogP contribution in [-0.4, -0.2) is 10.9 Å². The molecule has 0 spiro atoms. The van der Waals surface area contributed by atoms with Crippen molar-refractivity contribution in [1.82, 2.24) is 10.3 Å². The first kappa shape index (κ1) is 16.8. The zero-order chi connectivity index (χ0) is 17.5. The van der Waals surface area contributed by atoms with Crippen LogP contribution in [0.4, 0.5) is 4.39 Å². The molecule has 1 N–H and O–H groups in total. The van der Waals surface area contributed by atoms with E-state index in [1.54, 1.807) is 24.5 Å². The second-order valence-corrected chi connectivity index (χ2v) is 5.87. The van der Waals surface area contributed by atoms with Gasteiger partial charge in [-0.1, -0.05) is 48.5 Å². The SMILES string of the molecule is O=C(NCc1ccccc1)C(Cc1cccnc1)c1ccc(F)cc1. The minimum atomic E-state index is -0.395. The molecule has 0 aliphatic heterocycles. The van der Waals surface area contributed by atoms with Gasteiger partial charge in [-0.25, -0.2) is 4.39 Å². The number of nitrogens with zero attached hydrogens (tertiary/aromatic N) is 1. The number of carbonyl (C=O) groups is 1. The first-order valence-corrected chi connectivity index (χ1v) is 8.18. The van der Waals surface area contributed by atoms with E-state index >= 15 is 0 Å². The monoisotopic (exact) mass is 334 g/mol. The van der Waals surface area contributed by atoms with E-state index in [0.29, 0.717) is 13.0 Å². The fourth-order valence-corrected chi connectivity index (χ4v) is 2.72. The Kier molecular flexibility index (Phi) is 5.52. The Morgan fingerprint density at radius 3 is 2.36 bits per heavy atom. The first-order chi connectivity index (χ1) is 12.2. The normalized spacial score (nSPS) is 11.7. The van der Waals surface area contributed by atoms with Crippen LogP contribution in [0.3, 0.4) is 0 Å². The summed E-state index contributed by atoms with van der Waals surface area (Å²) in [6.45, 7) is 0.463. The maximum Gasteiger partial charge on any atom is 0.228 e. The Balaban J connectivity index is 1.77. The number of benzene rings is 2. The van der Waals surface area contributed by atoms with Gasteiger partial charge >= 0.3 is 0 Å². The minimum absolute atomic E-state index is 0.0840. The summed E-state index contributed by atoms with van der Waals surface area (Å²) in [5.74, 6) is -0.790. The largest absolute Gasteiger partial charge is 0.351 e. The Labute approximate surface area is 146 Å². The summed E-state index contributed by atoms with van der Waals surface area (Å²) in [6, 6.07) is 19.6. The molecule has 126 valence electrons. The van der Waals surface area contributed by atoms with Crippen molar-refractivity contribution in [3.63, 3.8) is 0 Å². The van der Waals surface area contributed by atoms with Crippen LogP contribution >= 0.6 is 0 Å². The van der Waals surface area contributed by atoms with Crippen molar-refractivity contribution in [2.45, 2.75) is 18.9 Å². The number of hydrogen-bond acceptors (Lipinski definition) is 2. The van der Waals surface area contributed by atoms with Crippen LogP contribution in [-0.2, 0) is 17.8 Å². The highest BCUT2D eigenvalue weighted by Gasteiger charge is 2.21. The fourth-order valence-electron chi connectivity index (χ4n) is 2.72. The van der Waals surface area contributed by atoms with E-state index in [1.807, 2.05) is 42.5 Å².